The second kappa shape index (κ2) is 13.7. The lowest BCUT2D eigenvalue weighted by molar-refractivity contribution is -0.138. The van der Waals surface area contributed by atoms with Crippen LogP contribution < -0.4 is 15.4 Å². The molecule has 45 heavy (non-hydrogen) atoms. The maximum Gasteiger partial charge on any atom is 0.251 e. The van der Waals surface area contributed by atoms with Crippen LogP contribution in [0.15, 0.2) is 79.6 Å². The maximum atomic E-state index is 14.0. The van der Waals surface area contributed by atoms with E-state index >= 15 is 0 Å². The Labute approximate surface area is 258 Å². The molecule has 10 nitrogen and oxygen atoms in total. The molecule has 3 amide bonds. The van der Waals surface area contributed by atoms with Gasteiger partial charge < -0.3 is 30.0 Å². The molecule has 0 bridgehead atoms. The Kier molecular flexibility index (Phi) is 9.53. The van der Waals surface area contributed by atoms with Crippen LogP contribution in [-0.2, 0) is 14.3 Å². The molecule has 1 fully saturated rings. The Bertz CT molecular complexity index is 1680. The van der Waals surface area contributed by atoms with E-state index in [1.165, 1.54) is 29.2 Å². The fourth-order valence-electron chi connectivity index (χ4n) is 5.17. The van der Waals surface area contributed by atoms with Gasteiger partial charge in [0.2, 0.25) is 18.2 Å². The molecule has 1 aliphatic rings. The van der Waals surface area contributed by atoms with Crippen LogP contribution in [0.4, 0.5) is 8.78 Å². The van der Waals surface area contributed by atoms with Gasteiger partial charge in [-0.1, -0.05) is 6.58 Å². The number of hydrogen-bond donors (Lipinski definition) is 3. The topological polar surface area (TPSA) is 126 Å². The Morgan fingerprint density at radius 3 is 2.67 bits per heavy atom. The number of fused-ring (bicyclic) bond motifs is 1. The number of nitrogens with one attached hydrogen (secondary N) is 3. The van der Waals surface area contributed by atoms with Crippen molar-refractivity contribution in [1.82, 2.24) is 25.5 Å². The summed E-state index contributed by atoms with van der Waals surface area (Å²) in [5, 5.41) is 6.41. The molecule has 2 aromatic heterocycles. The molecular formula is C33H33F2N5O5. The first kappa shape index (κ1) is 31.3. The first-order valence-corrected chi connectivity index (χ1v) is 14.4. The SMILES string of the molecule is C=CC(F)O[C@@H]1C[C@@H](C(=O)N[C@H](C)c2cc3cnccc3[nH]2)N(C(=O)CNC(=O)c2ccc(Oc3ccc(F)cc3)c(C)c2)C1. The molecule has 2 aromatic carbocycles. The summed E-state index contributed by atoms with van der Waals surface area (Å²) in [4.78, 5) is 48.3. The second-order valence-corrected chi connectivity index (χ2v) is 10.8. The molecular weight excluding hydrogens is 584 g/mol. The number of amides is 3. The summed E-state index contributed by atoms with van der Waals surface area (Å²) in [6.07, 6.45) is 1.92. The highest BCUT2D eigenvalue weighted by atomic mass is 19.1. The van der Waals surface area contributed by atoms with Gasteiger partial charge in [0.15, 0.2) is 0 Å². The number of H-pyrrole nitrogens is 1. The molecule has 0 radical (unpaired) electrons. The highest BCUT2D eigenvalue weighted by Crippen LogP contribution is 2.27. The van der Waals surface area contributed by atoms with E-state index in [1.54, 1.807) is 44.4 Å². The van der Waals surface area contributed by atoms with Crippen molar-refractivity contribution in [1.29, 1.82) is 0 Å². The quantitative estimate of drug-likeness (QED) is 0.206. The third-order valence-electron chi connectivity index (χ3n) is 7.54. The lowest BCUT2D eigenvalue weighted by atomic mass is 10.1. The van der Waals surface area contributed by atoms with Crippen LogP contribution in [0.25, 0.3) is 10.9 Å². The zero-order valence-corrected chi connectivity index (χ0v) is 24.8. The lowest BCUT2D eigenvalue weighted by Crippen LogP contribution is -2.49. The van der Waals surface area contributed by atoms with Gasteiger partial charge in [0, 0.05) is 47.5 Å². The molecule has 3 heterocycles. The number of ether oxygens (including phenoxy) is 2. The van der Waals surface area contributed by atoms with Gasteiger partial charge >= 0.3 is 0 Å². The summed E-state index contributed by atoms with van der Waals surface area (Å²) < 4.78 is 38.3. The average molecular weight is 618 g/mol. The molecule has 4 aromatic rings. The van der Waals surface area contributed by atoms with Crippen LogP contribution in [0, 0.1) is 12.7 Å². The number of aromatic nitrogens is 2. The van der Waals surface area contributed by atoms with Crippen molar-refractivity contribution >= 4 is 28.6 Å². The largest absolute Gasteiger partial charge is 0.457 e. The molecule has 1 saturated heterocycles. The average Bonchev–Trinajstić information content (AvgIpc) is 3.66. The van der Waals surface area contributed by atoms with Crippen LogP contribution >= 0.6 is 0 Å². The highest BCUT2D eigenvalue weighted by molar-refractivity contribution is 5.97. The molecule has 234 valence electrons. The zero-order valence-electron chi connectivity index (χ0n) is 24.8. The predicted molar refractivity (Wildman–Crippen MR) is 163 cm³/mol. The number of aromatic amines is 1. The van der Waals surface area contributed by atoms with Crippen molar-refractivity contribution in [2.24, 2.45) is 0 Å². The molecule has 1 unspecified atom stereocenters. The van der Waals surface area contributed by atoms with Gasteiger partial charge in [-0.05, 0) is 80.1 Å². The molecule has 5 rings (SSSR count). The smallest absolute Gasteiger partial charge is 0.251 e. The van der Waals surface area contributed by atoms with E-state index in [0.29, 0.717) is 17.1 Å². The number of aryl methyl sites for hydroxylation is 1. The Balaban J connectivity index is 1.22. The summed E-state index contributed by atoms with van der Waals surface area (Å²) in [5.74, 6) is -0.937. The maximum absolute atomic E-state index is 14.0. The van der Waals surface area contributed by atoms with E-state index in [4.69, 9.17) is 9.47 Å². The lowest BCUT2D eigenvalue weighted by Gasteiger charge is -2.25. The van der Waals surface area contributed by atoms with Crippen LogP contribution in [0.5, 0.6) is 11.5 Å². The van der Waals surface area contributed by atoms with E-state index in [-0.39, 0.29) is 24.3 Å². The zero-order chi connectivity index (χ0) is 32.1. The van der Waals surface area contributed by atoms with Crippen molar-refractivity contribution in [2.75, 3.05) is 13.1 Å². The first-order valence-electron chi connectivity index (χ1n) is 14.4. The monoisotopic (exact) mass is 617 g/mol. The van der Waals surface area contributed by atoms with Crippen LogP contribution in [0.1, 0.15) is 41.0 Å². The number of nitrogens with zero attached hydrogens (tertiary/aromatic N) is 2. The number of likely N-dealkylation sites (tertiary alicyclic amines) is 1. The summed E-state index contributed by atoms with van der Waals surface area (Å²) in [7, 11) is 0. The summed E-state index contributed by atoms with van der Waals surface area (Å²) >= 11 is 0. The van der Waals surface area contributed by atoms with Gasteiger partial charge in [-0.2, -0.15) is 0 Å². The minimum absolute atomic E-state index is 0.0397. The summed E-state index contributed by atoms with van der Waals surface area (Å²) in [6, 6.07) is 12.6. The van der Waals surface area contributed by atoms with Gasteiger partial charge in [0.05, 0.1) is 18.7 Å². The Hall–Kier alpha value is -5.10. The third kappa shape index (κ3) is 7.52. The fourth-order valence-corrected chi connectivity index (χ4v) is 5.17. The molecule has 0 spiro atoms. The number of halogens is 2. The van der Waals surface area contributed by atoms with Crippen molar-refractivity contribution in [3.8, 4) is 11.5 Å². The Morgan fingerprint density at radius 2 is 1.96 bits per heavy atom. The number of alkyl halides is 1. The van der Waals surface area contributed by atoms with Crippen molar-refractivity contribution in [3.05, 3.63) is 102 Å². The number of carbonyl (C=O) groups is 3. The number of rotatable bonds is 11. The molecule has 0 saturated carbocycles. The summed E-state index contributed by atoms with van der Waals surface area (Å²) in [5.41, 5.74) is 2.56. The van der Waals surface area contributed by atoms with Crippen LogP contribution in [-0.4, -0.2) is 64.2 Å². The Morgan fingerprint density at radius 1 is 1.18 bits per heavy atom. The standard InChI is InChI=1S/C33H33F2N5O5/c1-4-30(35)45-25-15-28(33(43)38-20(3)27-14-22-16-36-12-11-26(22)39-27)40(18-25)31(41)17-37-32(42)21-5-10-29(19(2)13-21)44-24-8-6-23(34)7-9-24/h4-14,16,20,25,28,30,39H,1,15,17-18H2,2-3H3,(H,37,42)(H,38,43)/t20-,25-,28+,30?/m1/s1. The normalized spacial score (nSPS) is 17.5. The van der Waals surface area contributed by atoms with Gasteiger partial charge in [-0.25, -0.2) is 8.78 Å². The summed E-state index contributed by atoms with van der Waals surface area (Å²) in [6.45, 7) is 6.50. The van der Waals surface area contributed by atoms with E-state index in [2.05, 4.69) is 27.2 Å². The number of pyridine rings is 1. The fraction of sp³-hybridized carbons (Fsp3) is 0.273. The first-order chi connectivity index (χ1) is 21.6. The van der Waals surface area contributed by atoms with E-state index < -0.39 is 48.8 Å². The number of benzene rings is 2. The van der Waals surface area contributed by atoms with E-state index in [0.717, 1.165) is 22.7 Å². The predicted octanol–water partition coefficient (Wildman–Crippen LogP) is 4.88. The van der Waals surface area contributed by atoms with Crippen molar-refractivity contribution < 1.29 is 32.6 Å². The van der Waals surface area contributed by atoms with Gasteiger partial charge in [-0.3, -0.25) is 19.4 Å². The molecule has 1 aliphatic heterocycles. The van der Waals surface area contributed by atoms with Gasteiger partial charge in [-0.15, -0.1) is 0 Å². The van der Waals surface area contributed by atoms with Crippen LogP contribution in [0.3, 0.4) is 0 Å². The second-order valence-electron chi connectivity index (χ2n) is 10.8. The molecule has 3 N–H and O–H groups in total. The number of carbonyl (C=O) groups excluding carboxylic acids is 3. The minimum Gasteiger partial charge on any atom is -0.457 e. The van der Waals surface area contributed by atoms with E-state index in [1.807, 2.05) is 12.1 Å². The van der Waals surface area contributed by atoms with Crippen molar-refractivity contribution in [3.63, 3.8) is 0 Å². The molecule has 0 aliphatic carbocycles. The third-order valence-corrected chi connectivity index (χ3v) is 7.54. The van der Waals surface area contributed by atoms with E-state index in [9.17, 15) is 23.2 Å². The van der Waals surface area contributed by atoms with Gasteiger partial charge in [0.1, 0.15) is 23.4 Å². The molecule has 4 atom stereocenters. The number of hydrogen-bond acceptors (Lipinski definition) is 6. The van der Waals surface area contributed by atoms with Gasteiger partial charge in [0.25, 0.3) is 5.91 Å². The van der Waals surface area contributed by atoms with Crippen LogP contribution in [0.2, 0.25) is 0 Å². The minimum atomic E-state index is -1.76. The van der Waals surface area contributed by atoms with Crippen molar-refractivity contribution in [2.45, 2.75) is 44.8 Å². The molecule has 12 heteroatoms. The highest BCUT2D eigenvalue weighted by Gasteiger charge is 2.41.